The van der Waals surface area contributed by atoms with Crippen molar-refractivity contribution >= 4 is 32.2 Å². The summed E-state index contributed by atoms with van der Waals surface area (Å²) in [7, 11) is -0.487. The lowest BCUT2D eigenvalue weighted by Gasteiger charge is -2.33. The maximum atomic E-state index is 12.9. The van der Waals surface area contributed by atoms with Gasteiger partial charge in [-0.05, 0) is 18.2 Å². The molecule has 0 saturated carbocycles. The summed E-state index contributed by atoms with van der Waals surface area (Å²) in [6.07, 6.45) is 0.609. The van der Waals surface area contributed by atoms with E-state index in [9.17, 15) is 18.5 Å². The van der Waals surface area contributed by atoms with Crippen LogP contribution in [0.1, 0.15) is 11.3 Å². The van der Waals surface area contributed by atoms with E-state index >= 15 is 0 Å². The van der Waals surface area contributed by atoms with Crippen LogP contribution in [0.15, 0.2) is 52.7 Å². The van der Waals surface area contributed by atoms with Crippen LogP contribution >= 0.6 is 11.3 Å². The van der Waals surface area contributed by atoms with E-state index < -0.39 is 14.9 Å². The monoisotopic (exact) mass is 504 g/mol. The maximum Gasteiger partial charge on any atom is 0.269 e. The second-order valence-electron chi connectivity index (χ2n) is 7.62. The Balaban J connectivity index is 1.40. The van der Waals surface area contributed by atoms with Crippen LogP contribution < -0.4 is 14.4 Å². The van der Waals surface area contributed by atoms with Gasteiger partial charge in [-0.15, -0.1) is 11.3 Å². The molecule has 0 radical (unpaired) electrons. The third-order valence-corrected chi connectivity index (χ3v) is 8.46. The van der Waals surface area contributed by atoms with Gasteiger partial charge in [-0.3, -0.25) is 10.1 Å². The first kappa shape index (κ1) is 23.9. The highest BCUT2D eigenvalue weighted by molar-refractivity contribution is 7.89. The molecule has 1 aromatic heterocycles. The Kier molecular flexibility index (Phi) is 7.00. The molecule has 0 spiro atoms. The van der Waals surface area contributed by atoms with Gasteiger partial charge in [-0.1, -0.05) is 6.07 Å². The van der Waals surface area contributed by atoms with E-state index in [4.69, 9.17) is 14.5 Å². The summed E-state index contributed by atoms with van der Waals surface area (Å²) in [5.41, 5.74) is 1.76. The number of aromatic nitrogens is 1. The zero-order chi connectivity index (χ0) is 24.3. The van der Waals surface area contributed by atoms with Crippen LogP contribution in [0, 0.1) is 10.1 Å². The Morgan fingerprint density at radius 1 is 1.06 bits per heavy atom. The number of nitro benzene ring substituents is 1. The van der Waals surface area contributed by atoms with Crippen LogP contribution in [0.5, 0.6) is 11.5 Å². The minimum Gasteiger partial charge on any atom is -0.497 e. The fourth-order valence-electron chi connectivity index (χ4n) is 3.72. The molecule has 4 rings (SSSR count). The van der Waals surface area contributed by atoms with Crippen molar-refractivity contribution in [2.24, 2.45) is 0 Å². The first-order chi connectivity index (χ1) is 16.3. The van der Waals surface area contributed by atoms with Gasteiger partial charge in [-0.25, -0.2) is 13.4 Å². The summed E-state index contributed by atoms with van der Waals surface area (Å²) in [6.45, 7) is 1.62. The molecule has 180 valence electrons. The van der Waals surface area contributed by atoms with Crippen LogP contribution in [0.4, 0.5) is 10.8 Å². The standard InChI is InChI=1S/C22H24N4O6S2/c1-31-19-6-3-16(21(14-19)32-2)13-17-15-33-22(23-17)24-9-11-25(12-10-24)34(29,30)20-7-4-18(5-8-20)26(27)28/h3-8,14-15H,9-13H2,1-2H3. The number of hydrogen-bond acceptors (Lipinski definition) is 9. The van der Waals surface area contributed by atoms with Crippen molar-refractivity contribution in [2.45, 2.75) is 11.3 Å². The molecule has 34 heavy (non-hydrogen) atoms. The van der Waals surface area contributed by atoms with Gasteiger partial charge in [-0.2, -0.15) is 4.31 Å². The summed E-state index contributed by atoms with van der Waals surface area (Å²) in [5.74, 6) is 1.46. The van der Waals surface area contributed by atoms with Gasteiger partial charge in [0.1, 0.15) is 11.5 Å². The number of thiazole rings is 1. The predicted octanol–water partition coefficient (Wildman–Crippen LogP) is 3.17. The van der Waals surface area contributed by atoms with Crippen LogP contribution in [0.3, 0.4) is 0 Å². The number of nitro groups is 1. The molecule has 0 amide bonds. The van der Waals surface area contributed by atoms with Gasteiger partial charge in [0.05, 0.1) is 29.7 Å². The Morgan fingerprint density at radius 2 is 1.76 bits per heavy atom. The van der Waals surface area contributed by atoms with Crippen molar-refractivity contribution in [3.8, 4) is 11.5 Å². The third-order valence-electron chi connectivity index (χ3n) is 5.60. The Morgan fingerprint density at radius 3 is 2.38 bits per heavy atom. The second-order valence-corrected chi connectivity index (χ2v) is 10.4. The molecule has 0 atom stereocenters. The minimum absolute atomic E-state index is 0.0523. The van der Waals surface area contributed by atoms with Gasteiger partial charge in [0.2, 0.25) is 10.0 Å². The molecule has 10 nitrogen and oxygen atoms in total. The molecule has 0 N–H and O–H groups in total. The molecule has 0 aliphatic carbocycles. The van der Waals surface area contributed by atoms with Gasteiger partial charge in [0.15, 0.2) is 5.13 Å². The average Bonchev–Trinajstić information content (AvgIpc) is 3.33. The highest BCUT2D eigenvalue weighted by Gasteiger charge is 2.29. The van der Waals surface area contributed by atoms with E-state index in [-0.39, 0.29) is 10.6 Å². The van der Waals surface area contributed by atoms with Gasteiger partial charge in [0, 0.05) is 61.7 Å². The molecule has 12 heteroatoms. The fraction of sp³-hybridized carbons (Fsp3) is 0.318. The molecule has 2 heterocycles. The van der Waals surface area contributed by atoms with Crippen LogP contribution in [0.2, 0.25) is 0 Å². The van der Waals surface area contributed by atoms with Crippen molar-refractivity contribution in [1.29, 1.82) is 0 Å². The number of methoxy groups -OCH3 is 2. The van der Waals surface area contributed by atoms with Crippen LogP contribution in [-0.2, 0) is 16.4 Å². The number of non-ortho nitro benzene ring substituents is 1. The van der Waals surface area contributed by atoms with Crippen LogP contribution in [0.25, 0.3) is 0 Å². The van der Waals surface area contributed by atoms with E-state index in [1.54, 1.807) is 14.2 Å². The molecule has 0 unspecified atom stereocenters. The van der Waals surface area contributed by atoms with Crippen molar-refractivity contribution in [2.75, 3.05) is 45.3 Å². The largest absolute Gasteiger partial charge is 0.497 e. The number of anilines is 1. The number of hydrogen-bond donors (Lipinski definition) is 0. The normalized spacial score (nSPS) is 14.7. The van der Waals surface area contributed by atoms with Crippen molar-refractivity contribution in [3.63, 3.8) is 0 Å². The van der Waals surface area contributed by atoms with Crippen molar-refractivity contribution in [3.05, 3.63) is 69.2 Å². The Hall–Kier alpha value is -3.22. The summed E-state index contributed by atoms with van der Waals surface area (Å²) in [6, 6.07) is 10.7. The van der Waals surface area contributed by atoms with E-state index in [0.29, 0.717) is 32.6 Å². The van der Waals surface area contributed by atoms with E-state index in [1.165, 1.54) is 39.9 Å². The molecule has 1 aliphatic rings. The van der Waals surface area contributed by atoms with Crippen LogP contribution in [-0.4, -0.2) is 63.0 Å². The predicted molar refractivity (Wildman–Crippen MR) is 129 cm³/mol. The molecule has 0 bridgehead atoms. The molecule has 1 saturated heterocycles. The SMILES string of the molecule is COc1ccc(Cc2csc(N3CCN(S(=O)(=O)c4ccc([N+](=O)[O-])cc4)CC3)n2)c(OC)c1. The maximum absolute atomic E-state index is 12.9. The summed E-state index contributed by atoms with van der Waals surface area (Å²) >= 11 is 1.52. The minimum atomic E-state index is -3.72. The first-order valence-electron chi connectivity index (χ1n) is 10.5. The Labute approximate surface area is 201 Å². The lowest BCUT2D eigenvalue weighted by atomic mass is 10.1. The summed E-state index contributed by atoms with van der Waals surface area (Å²) in [5, 5.41) is 13.7. The topological polar surface area (TPSA) is 115 Å². The molecular weight excluding hydrogens is 480 g/mol. The molecule has 1 fully saturated rings. The molecular formula is C22H24N4O6S2. The smallest absolute Gasteiger partial charge is 0.269 e. The van der Waals surface area contributed by atoms with E-state index in [2.05, 4.69) is 4.90 Å². The molecule has 3 aromatic rings. The second kappa shape index (κ2) is 9.95. The summed E-state index contributed by atoms with van der Waals surface area (Å²) in [4.78, 5) is 17.1. The lowest BCUT2D eigenvalue weighted by molar-refractivity contribution is -0.384. The first-order valence-corrected chi connectivity index (χ1v) is 12.8. The third kappa shape index (κ3) is 4.98. The number of nitrogens with zero attached hydrogens (tertiary/aromatic N) is 4. The zero-order valence-electron chi connectivity index (χ0n) is 18.7. The highest BCUT2D eigenvalue weighted by atomic mass is 32.2. The quantitative estimate of drug-likeness (QED) is 0.339. The van der Waals surface area contributed by atoms with E-state index in [0.717, 1.165) is 27.9 Å². The molecule has 2 aromatic carbocycles. The average molecular weight is 505 g/mol. The fourth-order valence-corrected chi connectivity index (χ4v) is 6.03. The van der Waals surface area contributed by atoms with Crippen molar-refractivity contribution in [1.82, 2.24) is 9.29 Å². The Bertz CT molecular complexity index is 1270. The number of piperazine rings is 1. The van der Waals surface area contributed by atoms with Gasteiger partial charge >= 0.3 is 0 Å². The zero-order valence-corrected chi connectivity index (χ0v) is 20.3. The molecule has 1 aliphatic heterocycles. The van der Waals surface area contributed by atoms with Crippen molar-refractivity contribution < 1.29 is 22.8 Å². The highest BCUT2D eigenvalue weighted by Crippen LogP contribution is 2.29. The van der Waals surface area contributed by atoms with Gasteiger partial charge in [0.25, 0.3) is 5.69 Å². The number of ether oxygens (including phenoxy) is 2. The summed E-state index contributed by atoms with van der Waals surface area (Å²) < 4.78 is 38.0. The number of rotatable bonds is 8. The van der Waals surface area contributed by atoms with Gasteiger partial charge < -0.3 is 14.4 Å². The number of benzene rings is 2. The van der Waals surface area contributed by atoms with E-state index in [1.807, 2.05) is 23.6 Å². The number of sulfonamides is 1. The lowest BCUT2D eigenvalue weighted by Crippen LogP contribution is -2.48.